The summed E-state index contributed by atoms with van der Waals surface area (Å²) in [5, 5.41) is 7.29. The van der Waals surface area contributed by atoms with Crippen LogP contribution in [0.1, 0.15) is 69.2 Å². The molecule has 7 nitrogen and oxygen atoms in total. The molecule has 0 radical (unpaired) electrons. The molecule has 0 unspecified atom stereocenters. The molecule has 0 atom stereocenters. The number of hydrogen-bond donors (Lipinski definition) is 1. The minimum atomic E-state index is -0.122. The number of pyridine rings is 1. The van der Waals surface area contributed by atoms with Gasteiger partial charge in [0, 0.05) is 31.4 Å². The zero-order valence-corrected chi connectivity index (χ0v) is 18.4. The van der Waals surface area contributed by atoms with Gasteiger partial charge in [0.25, 0.3) is 5.91 Å². The Morgan fingerprint density at radius 1 is 1.23 bits per heavy atom. The summed E-state index contributed by atoms with van der Waals surface area (Å²) in [6.45, 7) is 6.00. The Hall–Kier alpha value is -2.57. The normalized spacial score (nSPS) is 18.7. The second kappa shape index (κ2) is 8.66. The number of nitrogens with zero attached hydrogens (tertiary/aromatic N) is 4. The monoisotopic (exact) mass is 411 g/mol. The summed E-state index contributed by atoms with van der Waals surface area (Å²) in [7, 11) is 1.65. The van der Waals surface area contributed by atoms with Crippen molar-refractivity contribution in [3.05, 3.63) is 30.0 Å². The molecule has 1 N–H and O–H groups in total. The van der Waals surface area contributed by atoms with Crippen molar-refractivity contribution in [1.82, 2.24) is 20.1 Å². The number of hydrogen-bond acceptors (Lipinski definition) is 5. The van der Waals surface area contributed by atoms with Crippen LogP contribution >= 0.6 is 0 Å². The number of carbonyl (C=O) groups is 1. The van der Waals surface area contributed by atoms with E-state index in [1.165, 1.54) is 25.7 Å². The van der Waals surface area contributed by atoms with Crippen LogP contribution in [-0.4, -0.2) is 46.4 Å². The Labute approximate surface area is 178 Å². The summed E-state index contributed by atoms with van der Waals surface area (Å²) in [5.74, 6) is 2.70. The lowest BCUT2D eigenvalue weighted by Gasteiger charge is -2.34. The molecule has 2 aromatic heterocycles. The van der Waals surface area contributed by atoms with E-state index in [4.69, 9.17) is 9.72 Å². The molecule has 3 heterocycles. The molecular weight excluding hydrogens is 378 g/mol. The van der Waals surface area contributed by atoms with Gasteiger partial charge in [-0.2, -0.15) is 0 Å². The Balaban J connectivity index is 1.53. The van der Waals surface area contributed by atoms with E-state index in [0.717, 1.165) is 31.7 Å². The maximum atomic E-state index is 12.5. The highest BCUT2D eigenvalue weighted by Gasteiger charge is 2.35. The molecule has 1 saturated heterocycles. The number of aromatic nitrogens is 3. The van der Waals surface area contributed by atoms with Crippen molar-refractivity contribution in [3.8, 4) is 11.7 Å². The zero-order valence-electron chi connectivity index (χ0n) is 18.4. The van der Waals surface area contributed by atoms with Crippen LogP contribution in [0.15, 0.2) is 24.4 Å². The van der Waals surface area contributed by atoms with Crippen LogP contribution in [0.3, 0.4) is 0 Å². The van der Waals surface area contributed by atoms with Gasteiger partial charge in [-0.15, -0.1) is 5.10 Å². The van der Waals surface area contributed by atoms with Crippen LogP contribution in [0, 0.1) is 5.92 Å². The molecule has 162 valence electrons. The predicted octanol–water partition coefficient (Wildman–Crippen LogP) is 3.96. The van der Waals surface area contributed by atoms with Gasteiger partial charge in [0.2, 0.25) is 5.88 Å². The molecule has 2 fully saturated rings. The van der Waals surface area contributed by atoms with Gasteiger partial charge in [0.15, 0.2) is 5.82 Å². The van der Waals surface area contributed by atoms with Crippen molar-refractivity contribution >= 4 is 11.7 Å². The van der Waals surface area contributed by atoms with E-state index in [2.05, 4.69) is 29.2 Å². The van der Waals surface area contributed by atoms with Gasteiger partial charge in [-0.05, 0) is 51.2 Å². The molecule has 1 amide bonds. The number of ether oxygens (including phenoxy) is 1. The Morgan fingerprint density at radius 2 is 2.03 bits per heavy atom. The molecule has 30 heavy (non-hydrogen) atoms. The Kier molecular flexibility index (Phi) is 5.97. The second-order valence-electron chi connectivity index (χ2n) is 9.07. The average molecular weight is 412 g/mol. The summed E-state index contributed by atoms with van der Waals surface area (Å²) in [6, 6.07) is 5.56. The standard InChI is InChI=1S/C23H33N5O2/c1-23(2)13-6-14-27(23)21-18(22(29)24-3)9-10-19(25-21)28-15-11-20(26-28)30-16-12-17-7-4-5-8-17/h9-11,15,17H,4-8,12-14,16H2,1-3H3,(H,24,29). The molecule has 0 spiro atoms. The second-order valence-corrected chi connectivity index (χ2v) is 9.07. The lowest BCUT2D eigenvalue weighted by atomic mass is 10.0. The van der Waals surface area contributed by atoms with E-state index in [1.807, 2.05) is 24.4 Å². The lowest BCUT2D eigenvalue weighted by molar-refractivity contribution is 0.0963. The van der Waals surface area contributed by atoms with Gasteiger partial charge in [-0.25, -0.2) is 9.67 Å². The van der Waals surface area contributed by atoms with Crippen LogP contribution < -0.4 is 15.0 Å². The molecule has 1 saturated carbocycles. The lowest BCUT2D eigenvalue weighted by Crippen LogP contribution is -2.40. The van der Waals surface area contributed by atoms with E-state index >= 15 is 0 Å². The summed E-state index contributed by atoms with van der Waals surface area (Å²) < 4.78 is 7.61. The smallest absolute Gasteiger partial charge is 0.254 e. The van der Waals surface area contributed by atoms with Gasteiger partial charge in [-0.1, -0.05) is 25.7 Å². The Morgan fingerprint density at radius 3 is 2.73 bits per heavy atom. The quantitative estimate of drug-likeness (QED) is 0.746. The first-order valence-corrected chi connectivity index (χ1v) is 11.2. The summed E-state index contributed by atoms with van der Waals surface area (Å²) in [4.78, 5) is 19.6. The molecule has 7 heteroatoms. The highest BCUT2D eigenvalue weighted by molar-refractivity contribution is 5.99. The first-order valence-electron chi connectivity index (χ1n) is 11.2. The van der Waals surface area contributed by atoms with Crippen molar-refractivity contribution in [2.45, 2.75) is 64.3 Å². The number of amides is 1. The number of carbonyl (C=O) groups excluding carboxylic acids is 1. The number of rotatable bonds is 7. The van der Waals surface area contributed by atoms with Crippen molar-refractivity contribution in [1.29, 1.82) is 0 Å². The Bertz CT molecular complexity index is 885. The molecular formula is C23H33N5O2. The minimum Gasteiger partial charge on any atom is -0.477 e. The molecule has 4 rings (SSSR count). The van der Waals surface area contributed by atoms with E-state index in [9.17, 15) is 4.79 Å². The van der Waals surface area contributed by atoms with Crippen LogP contribution in [0.25, 0.3) is 5.82 Å². The third-order valence-electron chi connectivity index (χ3n) is 6.54. The highest BCUT2D eigenvalue weighted by Crippen LogP contribution is 2.35. The van der Waals surface area contributed by atoms with Crippen LogP contribution in [-0.2, 0) is 0 Å². The molecule has 0 aromatic carbocycles. The summed E-state index contributed by atoms with van der Waals surface area (Å²) in [5.41, 5.74) is 0.559. The fourth-order valence-corrected chi connectivity index (χ4v) is 4.72. The van der Waals surface area contributed by atoms with Crippen LogP contribution in [0.2, 0.25) is 0 Å². The maximum absolute atomic E-state index is 12.5. The molecule has 1 aliphatic heterocycles. The molecule has 0 bridgehead atoms. The fourth-order valence-electron chi connectivity index (χ4n) is 4.72. The molecule has 1 aliphatic carbocycles. The summed E-state index contributed by atoms with van der Waals surface area (Å²) in [6.07, 6.45) is 10.5. The zero-order chi connectivity index (χ0) is 21.1. The maximum Gasteiger partial charge on any atom is 0.254 e. The fraction of sp³-hybridized carbons (Fsp3) is 0.609. The first-order chi connectivity index (χ1) is 14.5. The van der Waals surface area contributed by atoms with Gasteiger partial charge in [-0.3, -0.25) is 4.79 Å². The van der Waals surface area contributed by atoms with Gasteiger partial charge >= 0.3 is 0 Å². The number of nitrogens with one attached hydrogen (secondary N) is 1. The largest absolute Gasteiger partial charge is 0.477 e. The topological polar surface area (TPSA) is 72.3 Å². The van der Waals surface area contributed by atoms with Crippen molar-refractivity contribution in [2.24, 2.45) is 5.92 Å². The van der Waals surface area contributed by atoms with Crippen LogP contribution in [0.4, 0.5) is 5.82 Å². The summed E-state index contributed by atoms with van der Waals surface area (Å²) >= 11 is 0. The van der Waals surface area contributed by atoms with Crippen molar-refractivity contribution < 1.29 is 9.53 Å². The van der Waals surface area contributed by atoms with Gasteiger partial charge in [0.05, 0.1) is 12.2 Å². The third-order valence-corrected chi connectivity index (χ3v) is 6.54. The van der Waals surface area contributed by atoms with Crippen molar-refractivity contribution in [3.63, 3.8) is 0 Å². The van der Waals surface area contributed by atoms with Gasteiger partial charge in [0.1, 0.15) is 5.82 Å². The van der Waals surface area contributed by atoms with E-state index in [0.29, 0.717) is 29.7 Å². The SMILES string of the molecule is CNC(=O)c1ccc(-n2ccc(OCCC3CCCC3)n2)nc1N1CCCC1(C)C. The van der Waals surface area contributed by atoms with E-state index < -0.39 is 0 Å². The van der Waals surface area contributed by atoms with Crippen LogP contribution in [0.5, 0.6) is 5.88 Å². The van der Waals surface area contributed by atoms with Gasteiger partial charge < -0.3 is 15.0 Å². The minimum absolute atomic E-state index is 0.0347. The van der Waals surface area contributed by atoms with E-state index in [-0.39, 0.29) is 11.4 Å². The third kappa shape index (κ3) is 4.30. The number of anilines is 1. The van der Waals surface area contributed by atoms with E-state index in [1.54, 1.807) is 11.7 Å². The predicted molar refractivity (Wildman–Crippen MR) is 117 cm³/mol. The molecule has 2 aromatic rings. The first kappa shape index (κ1) is 20.7. The van der Waals surface area contributed by atoms with Crippen molar-refractivity contribution in [2.75, 3.05) is 25.1 Å². The highest BCUT2D eigenvalue weighted by atomic mass is 16.5. The molecule has 2 aliphatic rings. The average Bonchev–Trinajstić information content (AvgIpc) is 3.48.